The van der Waals surface area contributed by atoms with Gasteiger partial charge in [0.1, 0.15) is 0 Å². The van der Waals surface area contributed by atoms with E-state index in [1.807, 2.05) is 36.4 Å². The van der Waals surface area contributed by atoms with Gasteiger partial charge in [0.05, 0.1) is 0 Å². The van der Waals surface area contributed by atoms with E-state index < -0.39 is 6.30 Å². The zero-order chi connectivity index (χ0) is 13.5. The van der Waals surface area contributed by atoms with Crippen molar-refractivity contribution >= 4 is 27.2 Å². The van der Waals surface area contributed by atoms with Crippen LogP contribution in [0.3, 0.4) is 0 Å². The number of halogens is 3. The van der Waals surface area contributed by atoms with Crippen LogP contribution in [0.15, 0.2) is 54.6 Å². The summed E-state index contributed by atoms with van der Waals surface area (Å²) in [4.78, 5) is 0. The first-order chi connectivity index (χ1) is 9.03. The summed E-state index contributed by atoms with van der Waals surface area (Å²) in [5.41, 5.74) is 0.0794. The van der Waals surface area contributed by atoms with Crippen LogP contribution in [0.5, 0.6) is 0 Å². The third-order valence-electron chi connectivity index (χ3n) is 3.02. The number of alkyl halides is 3. The first-order valence-electron chi connectivity index (χ1n) is 5.79. The van der Waals surface area contributed by atoms with Crippen molar-refractivity contribution in [3.63, 3.8) is 0 Å². The van der Waals surface area contributed by atoms with E-state index in [1.54, 1.807) is 17.4 Å². The molecule has 0 saturated heterocycles. The largest absolute Gasteiger partial charge is 0.482 e. The van der Waals surface area contributed by atoms with Gasteiger partial charge in [0.2, 0.25) is 0 Å². The van der Waals surface area contributed by atoms with Crippen molar-refractivity contribution in [1.82, 2.24) is 0 Å². The minimum Gasteiger partial charge on any atom is -0.297 e. The Balaban J connectivity index is 2.26. The summed E-state index contributed by atoms with van der Waals surface area (Å²) in [5, 5.41) is 4.88. The highest BCUT2D eigenvalue weighted by molar-refractivity contribution is 6.03. The molecule has 0 aromatic heterocycles. The third-order valence-corrected chi connectivity index (χ3v) is 3.02. The van der Waals surface area contributed by atoms with E-state index in [2.05, 4.69) is 0 Å². The number of rotatable bonds is 1. The van der Waals surface area contributed by atoms with E-state index in [9.17, 15) is 13.2 Å². The highest BCUT2D eigenvalue weighted by Gasteiger charge is 2.27. The Hall–Kier alpha value is -2.23. The van der Waals surface area contributed by atoms with Gasteiger partial charge in [0.25, 0.3) is 0 Å². The fourth-order valence-corrected chi connectivity index (χ4v) is 2.23. The molecule has 0 aliphatic rings. The smallest absolute Gasteiger partial charge is 0.297 e. The van der Waals surface area contributed by atoms with E-state index in [0.717, 1.165) is 16.2 Å². The van der Waals surface area contributed by atoms with Crippen LogP contribution in [0.1, 0.15) is 0 Å². The number of hydrogen-bond donors (Lipinski definition) is 1. The number of benzene rings is 3. The van der Waals surface area contributed by atoms with Crippen LogP contribution in [0, 0.1) is 0 Å². The molecule has 1 nitrogen and oxygen atoms in total. The van der Waals surface area contributed by atoms with Crippen LogP contribution in [0.4, 0.5) is 18.9 Å². The lowest BCUT2D eigenvalue weighted by Crippen LogP contribution is -2.20. The number of fused-ring (bicyclic) bond motifs is 2. The first-order valence-corrected chi connectivity index (χ1v) is 5.79. The molecule has 0 spiro atoms. The van der Waals surface area contributed by atoms with Crippen LogP contribution in [0.25, 0.3) is 21.5 Å². The Labute approximate surface area is 107 Å². The SMILES string of the molecule is FC(F)(F)Nc1cccc2cc3ccccc3cc12. The summed E-state index contributed by atoms with van der Waals surface area (Å²) in [5.74, 6) is 0. The van der Waals surface area contributed by atoms with Crippen molar-refractivity contribution in [2.45, 2.75) is 6.30 Å². The van der Waals surface area contributed by atoms with Crippen molar-refractivity contribution in [1.29, 1.82) is 0 Å². The van der Waals surface area contributed by atoms with Gasteiger partial charge in [-0.15, -0.1) is 0 Å². The molecular weight excluding hydrogens is 251 g/mol. The molecule has 0 bridgehead atoms. The molecule has 0 amide bonds. The number of nitrogens with one attached hydrogen (secondary N) is 1. The maximum absolute atomic E-state index is 12.5. The van der Waals surface area contributed by atoms with Gasteiger partial charge in [-0.3, -0.25) is 5.32 Å². The first kappa shape index (κ1) is 11.8. The average molecular weight is 261 g/mol. The van der Waals surface area contributed by atoms with Gasteiger partial charge in [-0.2, -0.15) is 13.2 Å². The molecule has 3 aromatic rings. The van der Waals surface area contributed by atoms with Crippen molar-refractivity contribution in [2.75, 3.05) is 5.32 Å². The topological polar surface area (TPSA) is 12.0 Å². The van der Waals surface area contributed by atoms with Gasteiger partial charge < -0.3 is 0 Å². The van der Waals surface area contributed by atoms with Gasteiger partial charge >= 0.3 is 6.30 Å². The molecule has 1 N–H and O–H groups in total. The van der Waals surface area contributed by atoms with Crippen molar-refractivity contribution in [2.24, 2.45) is 0 Å². The monoisotopic (exact) mass is 261 g/mol. The van der Waals surface area contributed by atoms with E-state index >= 15 is 0 Å². The second kappa shape index (κ2) is 4.16. The second-order valence-electron chi connectivity index (χ2n) is 4.35. The molecule has 3 aromatic carbocycles. The van der Waals surface area contributed by atoms with Gasteiger partial charge in [-0.05, 0) is 34.4 Å². The molecule has 0 aliphatic carbocycles. The maximum atomic E-state index is 12.5. The predicted molar refractivity (Wildman–Crippen MR) is 71.1 cm³/mol. The zero-order valence-electron chi connectivity index (χ0n) is 9.83. The van der Waals surface area contributed by atoms with Crippen LogP contribution >= 0.6 is 0 Å². The van der Waals surface area contributed by atoms with E-state index in [1.165, 1.54) is 6.07 Å². The van der Waals surface area contributed by atoms with Crippen molar-refractivity contribution in [3.05, 3.63) is 54.6 Å². The number of hydrogen-bond acceptors (Lipinski definition) is 1. The summed E-state index contributed by atoms with van der Waals surface area (Å²) in [6.45, 7) is 0. The fourth-order valence-electron chi connectivity index (χ4n) is 2.23. The Morgan fingerprint density at radius 1 is 0.737 bits per heavy atom. The summed E-state index contributed by atoms with van der Waals surface area (Å²) >= 11 is 0. The number of anilines is 1. The molecule has 0 atom stereocenters. The Morgan fingerprint density at radius 2 is 1.37 bits per heavy atom. The van der Waals surface area contributed by atoms with E-state index in [-0.39, 0.29) is 5.69 Å². The minimum absolute atomic E-state index is 0.0794. The molecule has 0 aliphatic heterocycles. The van der Waals surface area contributed by atoms with Gasteiger partial charge in [0, 0.05) is 11.1 Å². The Morgan fingerprint density at radius 3 is 2.05 bits per heavy atom. The van der Waals surface area contributed by atoms with Crippen LogP contribution in [-0.2, 0) is 0 Å². The van der Waals surface area contributed by atoms with Crippen LogP contribution in [-0.4, -0.2) is 6.30 Å². The molecule has 96 valence electrons. The second-order valence-corrected chi connectivity index (χ2v) is 4.35. The molecule has 19 heavy (non-hydrogen) atoms. The third kappa shape index (κ3) is 2.34. The Bertz CT molecular complexity index is 747. The lowest BCUT2D eigenvalue weighted by Gasteiger charge is -2.13. The van der Waals surface area contributed by atoms with Gasteiger partial charge in [0.15, 0.2) is 0 Å². The van der Waals surface area contributed by atoms with Crippen molar-refractivity contribution in [3.8, 4) is 0 Å². The fraction of sp³-hybridized carbons (Fsp3) is 0.0667. The summed E-state index contributed by atoms with van der Waals surface area (Å²) in [6, 6.07) is 16.1. The minimum atomic E-state index is -4.43. The molecule has 0 unspecified atom stereocenters. The molecule has 0 saturated carbocycles. The van der Waals surface area contributed by atoms with Gasteiger partial charge in [-0.1, -0.05) is 36.4 Å². The summed E-state index contributed by atoms with van der Waals surface area (Å²) in [7, 11) is 0. The highest BCUT2D eigenvalue weighted by atomic mass is 19.4. The maximum Gasteiger partial charge on any atom is 0.482 e. The quantitative estimate of drug-likeness (QED) is 0.484. The molecule has 0 heterocycles. The molecule has 4 heteroatoms. The lowest BCUT2D eigenvalue weighted by molar-refractivity contribution is -0.0998. The predicted octanol–water partition coefficient (Wildman–Crippen LogP) is 4.92. The summed E-state index contributed by atoms with van der Waals surface area (Å²) in [6.07, 6.45) is -4.43. The Kier molecular flexibility index (Phi) is 2.59. The molecule has 3 rings (SSSR count). The van der Waals surface area contributed by atoms with Crippen LogP contribution in [0.2, 0.25) is 0 Å². The van der Waals surface area contributed by atoms with Gasteiger partial charge in [-0.25, -0.2) is 0 Å². The zero-order valence-corrected chi connectivity index (χ0v) is 9.83. The summed E-state index contributed by atoms with van der Waals surface area (Å²) < 4.78 is 37.4. The average Bonchev–Trinajstić information content (AvgIpc) is 2.35. The van der Waals surface area contributed by atoms with Crippen LogP contribution < -0.4 is 5.32 Å². The van der Waals surface area contributed by atoms with E-state index in [4.69, 9.17) is 0 Å². The molecular formula is C15H10F3N. The lowest BCUT2D eigenvalue weighted by atomic mass is 10.0. The van der Waals surface area contributed by atoms with E-state index in [0.29, 0.717) is 5.39 Å². The normalized spacial score (nSPS) is 11.9. The molecule has 0 fully saturated rings. The molecule has 0 radical (unpaired) electrons. The standard InChI is InChI=1S/C15H10F3N/c16-15(17,18)19-14-7-3-6-12-8-10-4-1-2-5-11(10)9-13(12)14/h1-9,19H. The van der Waals surface area contributed by atoms with Crippen molar-refractivity contribution < 1.29 is 13.2 Å². The highest BCUT2D eigenvalue weighted by Crippen LogP contribution is 2.31.